The Hall–Kier alpha value is -1.98. The molecule has 2 heterocycles. The van der Waals surface area contributed by atoms with Crippen LogP contribution in [0.3, 0.4) is 0 Å². The maximum Gasteiger partial charge on any atom is 0.244 e. The number of hydrogen-bond acceptors (Lipinski definition) is 7. The number of rotatable bonds is 7. The number of ether oxygens (including phenoxy) is 2. The number of benzene rings is 1. The highest BCUT2D eigenvalue weighted by molar-refractivity contribution is 7.89. The molecule has 2 N–H and O–H groups in total. The zero-order valence-corrected chi connectivity index (χ0v) is 21.2. The van der Waals surface area contributed by atoms with E-state index < -0.39 is 15.6 Å². The Morgan fingerprint density at radius 1 is 1.21 bits per heavy atom. The van der Waals surface area contributed by atoms with Gasteiger partial charge >= 0.3 is 0 Å². The van der Waals surface area contributed by atoms with Crippen LogP contribution in [0.2, 0.25) is 0 Å². The lowest BCUT2D eigenvalue weighted by Gasteiger charge is -2.28. The van der Waals surface area contributed by atoms with E-state index >= 15 is 0 Å². The van der Waals surface area contributed by atoms with Crippen LogP contribution in [-0.2, 0) is 20.4 Å². The van der Waals surface area contributed by atoms with Gasteiger partial charge in [-0.2, -0.15) is 0 Å². The number of sulfonamides is 1. The van der Waals surface area contributed by atoms with Crippen LogP contribution in [0.1, 0.15) is 50.1 Å². The Bertz CT molecular complexity index is 1250. The molecule has 0 aliphatic heterocycles. The van der Waals surface area contributed by atoms with Gasteiger partial charge in [0.15, 0.2) is 4.96 Å². The zero-order chi connectivity index (χ0) is 24.0. The monoisotopic (exact) mass is 493 g/mol. The minimum atomic E-state index is -3.81. The van der Waals surface area contributed by atoms with Crippen LogP contribution in [0.15, 0.2) is 29.3 Å². The van der Waals surface area contributed by atoms with Crippen molar-refractivity contribution in [1.82, 2.24) is 14.1 Å². The molecule has 1 fully saturated rings. The van der Waals surface area contributed by atoms with Gasteiger partial charge in [0, 0.05) is 24.9 Å². The number of hydrogen-bond donors (Lipinski definition) is 2. The van der Waals surface area contributed by atoms with Crippen molar-refractivity contribution in [3.63, 3.8) is 0 Å². The molecule has 0 spiro atoms. The molecular formula is C23H31N3O5S2. The second-order valence-corrected chi connectivity index (χ2v) is 11.7. The van der Waals surface area contributed by atoms with E-state index in [-0.39, 0.29) is 22.8 Å². The largest absolute Gasteiger partial charge is 0.495 e. The third-order valence-corrected chi connectivity index (χ3v) is 9.00. The Morgan fingerprint density at radius 2 is 1.91 bits per heavy atom. The van der Waals surface area contributed by atoms with Crippen LogP contribution in [0.4, 0.5) is 0 Å². The van der Waals surface area contributed by atoms with Crippen molar-refractivity contribution in [2.45, 2.75) is 69.1 Å². The van der Waals surface area contributed by atoms with Crippen molar-refractivity contribution in [3.05, 3.63) is 35.0 Å². The number of methoxy groups -OCH3 is 2. The first-order chi connectivity index (χ1) is 15.5. The van der Waals surface area contributed by atoms with Crippen molar-refractivity contribution in [2.24, 2.45) is 0 Å². The van der Waals surface area contributed by atoms with E-state index in [1.807, 2.05) is 23.6 Å². The first kappa shape index (κ1) is 24.2. The fourth-order valence-corrected chi connectivity index (χ4v) is 6.85. The number of thiazole rings is 1. The maximum absolute atomic E-state index is 13.4. The number of fused-ring (bicyclic) bond motifs is 1. The number of aryl methyl sites for hydroxylation is 1. The van der Waals surface area contributed by atoms with Gasteiger partial charge in [-0.1, -0.05) is 11.3 Å². The Labute approximate surface area is 198 Å². The molecule has 180 valence electrons. The number of aromatic nitrogens is 2. The summed E-state index contributed by atoms with van der Waals surface area (Å²) in [5.74, 6) is 0.290. The van der Waals surface area contributed by atoms with Gasteiger partial charge in [-0.3, -0.25) is 4.40 Å². The molecule has 0 bridgehead atoms. The second-order valence-electron chi connectivity index (χ2n) is 9.05. The van der Waals surface area contributed by atoms with Gasteiger partial charge in [0.1, 0.15) is 10.6 Å². The second kappa shape index (κ2) is 8.99. The molecule has 2 aromatic heterocycles. The summed E-state index contributed by atoms with van der Waals surface area (Å²) in [5.41, 5.74) is 1.29. The molecule has 1 saturated carbocycles. The fourth-order valence-electron chi connectivity index (χ4n) is 4.32. The summed E-state index contributed by atoms with van der Waals surface area (Å²) < 4.78 is 42.3. The summed E-state index contributed by atoms with van der Waals surface area (Å²) in [6.07, 6.45) is 5.17. The van der Waals surface area contributed by atoms with Crippen LogP contribution in [0.5, 0.6) is 5.75 Å². The Kier molecular flexibility index (Phi) is 6.58. The number of aliphatic hydroxyl groups is 1. The van der Waals surface area contributed by atoms with E-state index in [1.54, 1.807) is 33.1 Å². The van der Waals surface area contributed by atoms with Crippen molar-refractivity contribution in [3.8, 4) is 17.0 Å². The molecule has 1 aromatic carbocycles. The number of nitrogens with one attached hydrogen (secondary N) is 1. The standard InChI is InChI=1S/C23H31N3O5S2/c1-14-21(26-13-20(23(2,3)27)32-22(26)24-14)15-6-11-18(31-5)19(12-15)33(28,29)25-16-7-9-17(30-4)10-8-16/h6,11-13,16-17,25,27H,7-10H2,1-5H3. The average molecular weight is 494 g/mol. The first-order valence-corrected chi connectivity index (χ1v) is 13.3. The predicted molar refractivity (Wildman–Crippen MR) is 128 cm³/mol. The van der Waals surface area contributed by atoms with E-state index in [2.05, 4.69) is 9.71 Å². The zero-order valence-electron chi connectivity index (χ0n) is 19.6. The van der Waals surface area contributed by atoms with Crippen molar-refractivity contribution >= 4 is 26.3 Å². The molecule has 33 heavy (non-hydrogen) atoms. The van der Waals surface area contributed by atoms with Gasteiger partial charge in [0.25, 0.3) is 0 Å². The highest BCUT2D eigenvalue weighted by atomic mass is 32.2. The van der Waals surface area contributed by atoms with Gasteiger partial charge in [0.2, 0.25) is 10.0 Å². The van der Waals surface area contributed by atoms with Crippen LogP contribution in [0.25, 0.3) is 16.2 Å². The summed E-state index contributed by atoms with van der Waals surface area (Å²) in [6.45, 7) is 5.35. The minimum Gasteiger partial charge on any atom is -0.495 e. The molecule has 3 aromatic rings. The number of imidazole rings is 1. The van der Waals surface area contributed by atoms with E-state index in [9.17, 15) is 13.5 Å². The lowest BCUT2D eigenvalue weighted by atomic mass is 9.94. The maximum atomic E-state index is 13.4. The van der Waals surface area contributed by atoms with Crippen LogP contribution < -0.4 is 9.46 Å². The molecule has 0 atom stereocenters. The highest BCUT2D eigenvalue weighted by Crippen LogP contribution is 2.36. The molecule has 4 rings (SSSR count). The first-order valence-electron chi connectivity index (χ1n) is 11.0. The summed E-state index contributed by atoms with van der Waals surface area (Å²) in [5, 5.41) is 10.4. The SMILES string of the molecule is COc1ccc(-c2c(C)nc3sc(C(C)(C)O)cn23)cc1S(=O)(=O)NC1CCC(OC)CC1. The Balaban J connectivity index is 1.72. The third-order valence-electron chi connectivity index (χ3n) is 6.16. The van der Waals surface area contributed by atoms with Crippen LogP contribution in [0, 0.1) is 6.92 Å². The molecular weight excluding hydrogens is 462 g/mol. The molecule has 0 amide bonds. The molecule has 1 aliphatic rings. The highest BCUT2D eigenvalue weighted by Gasteiger charge is 2.29. The summed E-state index contributed by atoms with van der Waals surface area (Å²) in [4.78, 5) is 6.25. The van der Waals surface area contributed by atoms with Gasteiger partial charge in [-0.25, -0.2) is 18.1 Å². The third kappa shape index (κ3) is 4.81. The van der Waals surface area contributed by atoms with Crippen molar-refractivity contribution in [2.75, 3.05) is 14.2 Å². The lowest BCUT2D eigenvalue weighted by Crippen LogP contribution is -2.39. The molecule has 1 aliphatic carbocycles. The average Bonchev–Trinajstić information content (AvgIpc) is 3.30. The van der Waals surface area contributed by atoms with Crippen molar-refractivity contribution < 1.29 is 23.0 Å². The van der Waals surface area contributed by atoms with E-state index in [0.717, 1.165) is 46.9 Å². The van der Waals surface area contributed by atoms with E-state index in [0.29, 0.717) is 5.56 Å². The van der Waals surface area contributed by atoms with E-state index in [1.165, 1.54) is 18.4 Å². The quantitative estimate of drug-likeness (QED) is 0.518. The van der Waals surface area contributed by atoms with Gasteiger partial charge in [-0.05, 0) is 64.7 Å². The molecule has 0 saturated heterocycles. The summed E-state index contributed by atoms with van der Waals surface area (Å²) in [7, 11) is -0.647. The van der Waals surface area contributed by atoms with Gasteiger partial charge in [0.05, 0.1) is 35.1 Å². The summed E-state index contributed by atoms with van der Waals surface area (Å²) in [6, 6.07) is 5.01. The molecule has 0 unspecified atom stereocenters. The molecule has 10 heteroatoms. The van der Waals surface area contributed by atoms with Crippen LogP contribution in [-0.4, -0.2) is 49.3 Å². The van der Waals surface area contributed by atoms with Crippen LogP contribution >= 0.6 is 11.3 Å². The lowest BCUT2D eigenvalue weighted by molar-refractivity contribution is 0.0649. The van der Waals surface area contributed by atoms with E-state index in [4.69, 9.17) is 9.47 Å². The van der Waals surface area contributed by atoms with Gasteiger partial charge < -0.3 is 14.6 Å². The minimum absolute atomic E-state index is 0.101. The Morgan fingerprint density at radius 3 is 2.52 bits per heavy atom. The normalized spacial score (nSPS) is 19.8. The smallest absolute Gasteiger partial charge is 0.244 e. The summed E-state index contributed by atoms with van der Waals surface area (Å²) >= 11 is 1.41. The molecule has 0 radical (unpaired) electrons. The van der Waals surface area contributed by atoms with Gasteiger partial charge in [-0.15, -0.1) is 0 Å². The topological polar surface area (TPSA) is 102 Å². The predicted octanol–water partition coefficient (Wildman–Crippen LogP) is 3.84. The van der Waals surface area contributed by atoms with Crippen molar-refractivity contribution in [1.29, 1.82) is 0 Å². The fraction of sp³-hybridized carbons (Fsp3) is 0.522. The number of nitrogens with zero attached hydrogens (tertiary/aromatic N) is 2. The molecule has 8 nitrogen and oxygen atoms in total.